The zero-order valence-corrected chi connectivity index (χ0v) is 12.5. The first kappa shape index (κ1) is 17.2. The molecule has 8 nitrogen and oxygen atoms in total. The van der Waals surface area contributed by atoms with E-state index in [1.807, 2.05) is 6.92 Å². The highest BCUT2D eigenvalue weighted by Crippen LogP contribution is 2.09. The number of nitrogens with zero attached hydrogens (tertiary/aromatic N) is 2. The molecule has 0 radical (unpaired) electrons. The summed E-state index contributed by atoms with van der Waals surface area (Å²) in [5.74, 6) is -1.74. The topological polar surface area (TPSA) is 116 Å². The highest BCUT2D eigenvalue weighted by Gasteiger charge is 2.28. The van der Waals surface area contributed by atoms with E-state index < -0.39 is 23.9 Å². The van der Waals surface area contributed by atoms with Crippen molar-refractivity contribution in [2.45, 2.75) is 38.8 Å². The number of carboxylic acid groups (broad SMARTS) is 1. The van der Waals surface area contributed by atoms with Gasteiger partial charge in [0.25, 0.3) is 0 Å². The molecule has 21 heavy (non-hydrogen) atoms. The molecule has 0 bridgehead atoms. The molecule has 120 valence electrons. The molecule has 0 aliphatic carbocycles. The Morgan fingerprint density at radius 1 is 1.38 bits per heavy atom. The van der Waals surface area contributed by atoms with Crippen LogP contribution in [0.5, 0.6) is 0 Å². The third-order valence-electron chi connectivity index (χ3n) is 3.73. The van der Waals surface area contributed by atoms with Gasteiger partial charge in [0.1, 0.15) is 6.04 Å². The Balaban J connectivity index is 2.53. The number of likely N-dealkylation sites (N-methyl/N-ethyl adjacent to an activating group) is 1. The summed E-state index contributed by atoms with van der Waals surface area (Å²) in [7, 11) is 0. The molecule has 1 unspecified atom stereocenters. The van der Waals surface area contributed by atoms with Crippen molar-refractivity contribution < 1.29 is 19.5 Å². The summed E-state index contributed by atoms with van der Waals surface area (Å²) in [5, 5.41) is 11.5. The fraction of sp³-hybridized carbons (Fsp3) is 0.769. The van der Waals surface area contributed by atoms with Gasteiger partial charge in [0, 0.05) is 32.1 Å². The van der Waals surface area contributed by atoms with Gasteiger partial charge < -0.3 is 21.1 Å². The Hall–Kier alpha value is -1.83. The Kier molecular flexibility index (Phi) is 6.41. The Labute approximate surface area is 124 Å². The fourth-order valence-electron chi connectivity index (χ4n) is 2.43. The molecule has 2 atom stereocenters. The van der Waals surface area contributed by atoms with Crippen LogP contribution >= 0.6 is 0 Å². The number of nitrogens with one attached hydrogen (secondary N) is 1. The predicted molar refractivity (Wildman–Crippen MR) is 76.7 cm³/mol. The van der Waals surface area contributed by atoms with Gasteiger partial charge in [-0.05, 0) is 19.9 Å². The number of urea groups is 1. The smallest absolute Gasteiger partial charge is 0.326 e. The number of primary amides is 1. The summed E-state index contributed by atoms with van der Waals surface area (Å²) in [6.07, 6.45) is -0.0713. The molecule has 8 heteroatoms. The van der Waals surface area contributed by atoms with Crippen LogP contribution in [0.2, 0.25) is 0 Å². The van der Waals surface area contributed by atoms with Crippen LogP contribution in [0.15, 0.2) is 0 Å². The second-order valence-electron chi connectivity index (χ2n) is 5.27. The average molecular weight is 300 g/mol. The highest BCUT2D eigenvalue weighted by atomic mass is 16.4. The van der Waals surface area contributed by atoms with Gasteiger partial charge in [-0.25, -0.2) is 9.59 Å². The van der Waals surface area contributed by atoms with E-state index in [1.54, 1.807) is 4.90 Å². The van der Waals surface area contributed by atoms with Gasteiger partial charge in [-0.2, -0.15) is 0 Å². The number of rotatable bonds is 6. The predicted octanol–water partition coefficient (Wildman–Crippen LogP) is -0.559. The number of amides is 3. The lowest BCUT2D eigenvalue weighted by molar-refractivity contribution is -0.139. The molecule has 0 aromatic carbocycles. The first-order chi connectivity index (χ1) is 9.85. The molecule has 0 aromatic heterocycles. The quantitative estimate of drug-likeness (QED) is 0.608. The minimum absolute atomic E-state index is 0.000878. The van der Waals surface area contributed by atoms with Gasteiger partial charge in [-0.15, -0.1) is 0 Å². The maximum absolute atomic E-state index is 12.1. The highest BCUT2D eigenvalue weighted by molar-refractivity contribution is 5.83. The SMILES string of the molecule is CCN1CCN(C(=O)N[C@H](CCC(N)=O)C(=O)O)CC1C. The Bertz CT molecular complexity index is 402. The normalized spacial score (nSPS) is 20.9. The molecule has 1 rings (SSSR count). The van der Waals surface area contributed by atoms with Crippen LogP contribution in [0.3, 0.4) is 0 Å². The number of hydrogen-bond acceptors (Lipinski definition) is 4. The molecule has 1 heterocycles. The summed E-state index contributed by atoms with van der Waals surface area (Å²) in [5.41, 5.74) is 5.00. The van der Waals surface area contributed by atoms with Crippen LogP contribution in [0.25, 0.3) is 0 Å². The molecule has 1 aliphatic rings. The molecular formula is C13H24N4O4. The molecule has 1 saturated heterocycles. The molecule has 1 fully saturated rings. The van der Waals surface area contributed by atoms with Gasteiger partial charge in [0.2, 0.25) is 5.91 Å². The Morgan fingerprint density at radius 2 is 2.05 bits per heavy atom. The molecular weight excluding hydrogens is 276 g/mol. The van der Waals surface area contributed by atoms with Crippen LogP contribution in [-0.4, -0.2) is 71.1 Å². The van der Waals surface area contributed by atoms with E-state index in [1.165, 1.54) is 0 Å². The second-order valence-corrected chi connectivity index (χ2v) is 5.27. The first-order valence-corrected chi connectivity index (χ1v) is 7.15. The minimum atomic E-state index is -1.16. The van der Waals surface area contributed by atoms with Crippen LogP contribution in [0, 0.1) is 0 Å². The summed E-state index contributed by atoms with van der Waals surface area (Å²) < 4.78 is 0. The number of aliphatic carboxylic acids is 1. The number of carbonyl (C=O) groups excluding carboxylic acids is 2. The van der Waals surface area contributed by atoms with Crippen LogP contribution in [0.4, 0.5) is 4.79 Å². The van der Waals surface area contributed by atoms with Gasteiger partial charge in [-0.3, -0.25) is 9.69 Å². The van der Waals surface area contributed by atoms with E-state index in [2.05, 4.69) is 17.1 Å². The van der Waals surface area contributed by atoms with Crippen molar-refractivity contribution in [3.05, 3.63) is 0 Å². The number of piperazine rings is 1. The summed E-state index contributed by atoms with van der Waals surface area (Å²) in [6.45, 7) is 6.91. The maximum atomic E-state index is 12.1. The fourth-order valence-corrected chi connectivity index (χ4v) is 2.43. The zero-order chi connectivity index (χ0) is 16.0. The molecule has 0 spiro atoms. The van der Waals surface area contributed by atoms with Crippen molar-refractivity contribution in [1.82, 2.24) is 15.1 Å². The van der Waals surface area contributed by atoms with Crippen molar-refractivity contribution in [2.24, 2.45) is 5.73 Å². The standard InChI is InChI=1S/C13H24N4O4/c1-3-16-6-7-17(8-9(16)2)13(21)15-10(12(19)20)4-5-11(14)18/h9-10H,3-8H2,1-2H3,(H2,14,18)(H,15,21)(H,19,20)/t9?,10-/m1/s1. The van der Waals surface area contributed by atoms with Crippen LogP contribution in [0.1, 0.15) is 26.7 Å². The number of nitrogens with two attached hydrogens (primary N) is 1. The summed E-state index contributed by atoms with van der Waals surface area (Å²) in [6, 6.07) is -1.26. The van der Waals surface area contributed by atoms with Crippen molar-refractivity contribution >= 4 is 17.9 Å². The number of carbonyl (C=O) groups is 3. The molecule has 1 aliphatic heterocycles. The van der Waals surface area contributed by atoms with Gasteiger partial charge in [-0.1, -0.05) is 6.92 Å². The van der Waals surface area contributed by atoms with Crippen molar-refractivity contribution in [3.8, 4) is 0 Å². The van der Waals surface area contributed by atoms with E-state index in [0.29, 0.717) is 13.1 Å². The van der Waals surface area contributed by atoms with E-state index in [9.17, 15) is 14.4 Å². The minimum Gasteiger partial charge on any atom is -0.480 e. The summed E-state index contributed by atoms with van der Waals surface area (Å²) in [4.78, 5) is 37.8. The largest absolute Gasteiger partial charge is 0.480 e. The summed E-state index contributed by atoms with van der Waals surface area (Å²) >= 11 is 0. The van der Waals surface area contributed by atoms with Gasteiger partial charge >= 0.3 is 12.0 Å². The third kappa shape index (κ3) is 5.22. The van der Waals surface area contributed by atoms with Crippen molar-refractivity contribution in [3.63, 3.8) is 0 Å². The van der Waals surface area contributed by atoms with E-state index in [-0.39, 0.29) is 18.9 Å². The lowest BCUT2D eigenvalue weighted by Gasteiger charge is -2.39. The van der Waals surface area contributed by atoms with E-state index in [0.717, 1.165) is 13.1 Å². The van der Waals surface area contributed by atoms with Gasteiger partial charge in [0.15, 0.2) is 0 Å². The monoisotopic (exact) mass is 300 g/mol. The maximum Gasteiger partial charge on any atom is 0.326 e. The molecule has 3 amide bonds. The zero-order valence-electron chi connectivity index (χ0n) is 12.5. The van der Waals surface area contributed by atoms with E-state index >= 15 is 0 Å². The number of carboxylic acids is 1. The van der Waals surface area contributed by atoms with Crippen molar-refractivity contribution in [1.29, 1.82) is 0 Å². The average Bonchev–Trinajstić information content (AvgIpc) is 2.42. The molecule has 4 N–H and O–H groups in total. The van der Waals surface area contributed by atoms with Crippen molar-refractivity contribution in [2.75, 3.05) is 26.2 Å². The Morgan fingerprint density at radius 3 is 2.52 bits per heavy atom. The van der Waals surface area contributed by atoms with E-state index in [4.69, 9.17) is 10.8 Å². The first-order valence-electron chi connectivity index (χ1n) is 7.15. The molecule has 0 saturated carbocycles. The molecule has 0 aromatic rings. The van der Waals surface area contributed by atoms with Crippen LogP contribution < -0.4 is 11.1 Å². The van der Waals surface area contributed by atoms with Crippen LogP contribution in [-0.2, 0) is 9.59 Å². The lowest BCUT2D eigenvalue weighted by atomic mass is 10.1. The second kappa shape index (κ2) is 7.82. The van der Waals surface area contributed by atoms with Gasteiger partial charge in [0.05, 0.1) is 0 Å². The third-order valence-corrected chi connectivity index (χ3v) is 3.73. The number of hydrogen-bond donors (Lipinski definition) is 3. The lowest BCUT2D eigenvalue weighted by Crippen LogP contribution is -2.57.